The number of aryl methyl sites for hydroxylation is 3. The normalized spacial score (nSPS) is 12.0. The van der Waals surface area contributed by atoms with Gasteiger partial charge < -0.3 is 10.6 Å². The Kier molecular flexibility index (Phi) is 5.97. The predicted octanol–water partition coefficient (Wildman–Crippen LogP) is 4.86. The summed E-state index contributed by atoms with van der Waals surface area (Å²) in [5.41, 5.74) is 4.70. The molecule has 2 rings (SSSR count). The summed E-state index contributed by atoms with van der Waals surface area (Å²) in [5.74, 6) is 1.53. The van der Waals surface area contributed by atoms with Gasteiger partial charge in [0, 0.05) is 23.5 Å². The van der Waals surface area contributed by atoms with Crippen LogP contribution in [0.15, 0.2) is 24.3 Å². The number of nitrogens with one attached hydrogen (secondary N) is 2. The molecule has 0 saturated carbocycles. The van der Waals surface area contributed by atoms with Gasteiger partial charge in [-0.1, -0.05) is 39.0 Å². The van der Waals surface area contributed by atoms with E-state index in [0.29, 0.717) is 12.0 Å². The van der Waals surface area contributed by atoms with Gasteiger partial charge in [-0.2, -0.15) is 4.98 Å². The zero-order valence-electron chi connectivity index (χ0n) is 14.9. The lowest BCUT2D eigenvalue weighted by atomic mass is 10.0. The number of rotatable bonds is 7. The number of aromatic nitrogens is 2. The van der Waals surface area contributed by atoms with E-state index in [-0.39, 0.29) is 0 Å². The summed E-state index contributed by atoms with van der Waals surface area (Å²) in [6.07, 6.45) is 3.03. The molecule has 0 aliphatic carbocycles. The first kappa shape index (κ1) is 17.3. The number of benzene rings is 1. The van der Waals surface area contributed by atoms with E-state index >= 15 is 0 Å². The van der Waals surface area contributed by atoms with Gasteiger partial charge in [-0.25, -0.2) is 4.98 Å². The molecule has 0 saturated heterocycles. The standard InChI is InChI=1S/C19H28N4/c1-6-13(4)20-17-12-14(5)21-19(22-17)23-18-15(7-2)10-9-11-16(18)8-3/h9-13H,6-8H2,1-5H3,(H2,20,21,22,23). The van der Waals surface area contributed by atoms with Crippen LogP contribution in [-0.2, 0) is 12.8 Å². The lowest BCUT2D eigenvalue weighted by Crippen LogP contribution is -2.15. The second-order valence-electron chi connectivity index (χ2n) is 5.96. The first-order valence-corrected chi connectivity index (χ1v) is 8.57. The number of anilines is 3. The van der Waals surface area contributed by atoms with Gasteiger partial charge in [0.1, 0.15) is 5.82 Å². The fourth-order valence-electron chi connectivity index (χ4n) is 2.57. The smallest absolute Gasteiger partial charge is 0.229 e. The maximum absolute atomic E-state index is 4.63. The van der Waals surface area contributed by atoms with Crippen molar-refractivity contribution in [2.45, 2.75) is 59.9 Å². The highest BCUT2D eigenvalue weighted by Crippen LogP contribution is 2.26. The van der Waals surface area contributed by atoms with Gasteiger partial charge in [0.2, 0.25) is 5.95 Å². The second-order valence-corrected chi connectivity index (χ2v) is 5.96. The number of para-hydroxylation sites is 1. The van der Waals surface area contributed by atoms with Crippen LogP contribution in [0, 0.1) is 6.92 Å². The monoisotopic (exact) mass is 312 g/mol. The van der Waals surface area contributed by atoms with Crippen LogP contribution >= 0.6 is 0 Å². The molecule has 1 heterocycles. The molecule has 0 aliphatic heterocycles. The maximum atomic E-state index is 4.63. The predicted molar refractivity (Wildman–Crippen MR) is 98.6 cm³/mol. The van der Waals surface area contributed by atoms with E-state index in [2.05, 4.69) is 66.5 Å². The van der Waals surface area contributed by atoms with Crippen molar-refractivity contribution in [1.29, 1.82) is 0 Å². The Morgan fingerprint density at radius 2 is 1.70 bits per heavy atom. The van der Waals surface area contributed by atoms with Gasteiger partial charge in [-0.05, 0) is 44.2 Å². The minimum absolute atomic E-state index is 0.395. The average molecular weight is 312 g/mol. The van der Waals surface area contributed by atoms with E-state index in [1.807, 2.05) is 13.0 Å². The third-order valence-corrected chi connectivity index (χ3v) is 4.10. The highest BCUT2D eigenvalue weighted by molar-refractivity contribution is 5.64. The molecule has 2 aromatic rings. The van der Waals surface area contributed by atoms with Gasteiger partial charge >= 0.3 is 0 Å². The average Bonchev–Trinajstić information content (AvgIpc) is 2.54. The summed E-state index contributed by atoms with van der Waals surface area (Å²) < 4.78 is 0. The van der Waals surface area contributed by atoms with Crippen LogP contribution in [0.5, 0.6) is 0 Å². The summed E-state index contributed by atoms with van der Waals surface area (Å²) in [4.78, 5) is 9.19. The van der Waals surface area contributed by atoms with Crippen LogP contribution < -0.4 is 10.6 Å². The third kappa shape index (κ3) is 4.44. The van der Waals surface area contributed by atoms with E-state index in [9.17, 15) is 0 Å². The molecule has 4 heteroatoms. The Bertz CT molecular complexity index is 630. The zero-order chi connectivity index (χ0) is 16.8. The Morgan fingerprint density at radius 1 is 1.04 bits per heavy atom. The zero-order valence-corrected chi connectivity index (χ0v) is 14.9. The summed E-state index contributed by atoms with van der Waals surface area (Å²) >= 11 is 0. The van der Waals surface area contributed by atoms with E-state index in [1.54, 1.807) is 0 Å². The highest BCUT2D eigenvalue weighted by Gasteiger charge is 2.10. The molecule has 1 atom stereocenters. The van der Waals surface area contributed by atoms with Crippen molar-refractivity contribution in [2.75, 3.05) is 10.6 Å². The molecular formula is C19H28N4. The molecule has 2 N–H and O–H groups in total. The lowest BCUT2D eigenvalue weighted by Gasteiger charge is -2.17. The summed E-state index contributed by atoms with van der Waals surface area (Å²) in [6, 6.07) is 8.83. The van der Waals surface area contributed by atoms with Crippen molar-refractivity contribution >= 4 is 17.5 Å². The summed E-state index contributed by atoms with van der Waals surface area (Å²) in [7, 11) is 0. The van der Waals surface area contributed by atoms with Crippen molar-refractivity contribution in [3.8, 4) is 0 Å². The van der Waals surface area contributed by atoms with Crippen molar-refractivity contribution in [2.24, 2.45) is 0 Å². The largest absolute Gasteiger partial charge is 0.367 e. The third-order valence-electron chi connectivity index (χ3n) is 4.10. The number of hydrogen-bond donors (Lipinski definition) is 2. The first-order valence-electron chi connectivity index (χ1n) is 8.57. The van der Waals surface area contributed by atoms with Crippen LogP contribution in [-0.4, -0.2) is 16.0 Å². The Labute approximate surface area is 139 Å². The van der Waals surface area contributed by atoms with Crippen molar-refractivity contribution in [3.63, 3.8) is 0 Å². The minimum Gasteiger partial charge on any atom is -0.367 e. The van der Waals surface area contributed by atoms with Crippen LogP contribution in [0.25, 0.3) is 0 Å². The molecular weight excluding hydrogens is 284 g/mol. The number of hydrogen-bond acceptors (Lipinski definition) is 4. The molecule has 0 aliphatic rings. The van der Waals surface area contributed by atoms with Crippen LogP contribution in [0.2, 0.25) is 0 Å². The van der Waals surface area contributed by atoms with Gasteiger partial charge in [-0.15, -0.1) is 0 Å². The SMILES string of the molecule is CCc1cccc(CC)c1Nc1nc(C)cc(NC(C)CC)n1. The quantitative estimate of drug-likeness (QED) is 0.766. The van der Waals surface area contributed by atoms with E-state index in [1.165, 1.54) is 11.1 Å². The summed E-state index contributed by atoms with van der Waals surface area (Å²) in [6.45, 7) is 10.7. The van der Waals surface area contributed by atoms with Crippen molar-refractivity contribution in [1.82, 2.24) is 9.97 Å². The molecule has 1 aromatic carbocycles. The van der Waals surface area contributed by atoms with Crippen LogP contribution in [0.1, 0.15) is 50.9 Å². The molecule has 23 heavy (non-hydrogen) atoms. The molecule has 0 fully saturated rings. The Balaban J connectivity index is 2.33. The molecule has 124 valence electrons. The van der Waals surface area contributed by atoms with Crippen molar-refractivity contribution in [3.05, 3.63) is 41.1 Å². The Hall–Kier alpha value is -2.10. The number of nitrogens with zero attached hydrogens (tertiary/aromatic N) is 2. The van der Waals surface area contributed by atoms with Crippen LogP contribution in [0.4, 0.5) is 17.5 Å². The first-order chi connectivity index (χ1) is 11.1. The van der Waals surface area contributed by atoms with Gasteiger partial charge in [0.25, 0.3) is 0 Å². The highest BCUT2D eigenvalue weighted by atomic mass is 15.1. The minimum atomic E-state index is 0.395. The lowest BCUT2D eigenvalue weighted by molar-refractivity contribution is 0.758. The van der Waals surface area contributed by atoms with Gasteiger partial charge in [0.15, 0.2) is 0 Å². The fraction of sp³-hybridized carbons (Fsp3) is 0.474. The Morgan fingerprint density at radius 3 is 2.26 bits per heavy atom. The van der Waals surface area contributed by atoms with Gasteiger partial charge in [0.05, 0.1) is 0 Å². The molecule has 1 aromatic heterocycles. The van der Waals surface area contributed by atoms with E-state index in [4.69, 9.17) is 0 Å². The molecule has 0 bridgehead atoms. The molecule has 0 spiro atoms. The molecule has 4 nitrogen and oxygen atoms in total. The van der Waals surface area contributed by atoms with E-state index < -0.39 is 0 Å². The van der Waals surface area contributed by atoms with Crippen LogP contribution in [0.3, 0.4) is 0 Å². The molecule has 0 amide bonds. The maximum Gasteiger partial charge on any atom is 0.229 e. The second kappa shape index (κ2) is 7.95. The molecule has 1 unspecified atom stereocenters. The summed E-state index contributed by atoms with van der Waals surface area (Å²) in [5, 5.41) is 6.88. The van der Waals surface area contributed by atoms with E-state index in [0.717, 1.165) is 36.5 Å². The fourth-order valence-corrected chi connectivity index (χ4v) is 2.57. The molecule has 0 radical (unpaired) electrons. The topological polar surface area (TPSA) is 49.8 Å². The van der Waals surface area contributed by atoms with Gasteiger partial charge in [-0.3, -0.25) is 0 Å². The van der Waals surface area contributed by atoms with Crippen molar-refractivity contribution < 1.29 is 0 Å².